The lowest BCUT2D eigenvalue weighted by atomic mass is 10.2. The molecule has 0 fully saturated rings. The van der Waals surface area contributed by atoms with Gasteiger partial charge < -0.3 is 39.4 Å². The van der Waals surface area contributed by atoms with Crippen LogP contribution in [0.15, 0.2) is 0 Å². The standard InChI is InChI=1S/C10H21NO3.C10H18O5.C5H13NO/c1-8(2)11(6-7-12)9(13)14-10(3,4)5;1-9(2,3)14-7(11)13-8(12)15-10(4,5)6;1-5(2)6-3-4-7/h8,12H,6-7H2,1-5H3;1-6H3;5-7H,3-4H2,1-2H3. The molecule has 0 heterocycles. The van der Waals surface area contributed by atoms with E-state index in [1.807, 2.05) is 34.6 Å². The normalized spacial score (nSPS) is 11.5. The number of ether oxygens (including phenoxy) is 4. The Morgan fingerprint density at radius 3 is 1.33 bits per heavy atom. The van der Waals surface area contributed by atoms with Gasteiger partial charge in [-0.1, -0.05) is 13.8 Å². The van der Waals surface area contributed by atoms with Gasteiger partial charge in [0.2, 0.25) is 0 Å². The van der Waals surface area contributed by atoms with Crippen LogP contribution >= 0.6 is 0 Å². The van der Waals surface area contributed by atoms with Crippen molar-refractivity contribution < 1.29 is 43.5 Å². The molecule has 36 heavy (non-hydrogen) atoms. The summed E-state index contributed by atoms with van der Waals surface area (Å²) >= 11 is 0. The molecule has 0 unspecified atom stereocenters. The number of aliphatic hydroxyl groups excluding tert-OH is 2. The minimum absolute atomic E-state index is 0.0389. The maximum Gasteiger partial charge on any atom is 0.519 e. The zero-order valence-electron chi connectivity index (χ0n) is 24.7. The number of hydrogen-bond acceptors (Lipinski definition) is 10. The molecule has 0 radical (unpaired) electrons. The van der Waals surface area contributed by atoms with Crippen LogP contribution in [-0.4, -0.2) is 88.7 Å². The Morgan fingerprint density at radius 2 is 1.11 bits per heavy atom. The molecule has 0 aromatic rings. The summed E-state index contributed by atoms with van der Waals surface area (Å²) in [6.07, 6.45) is -2.49. The van der Waals surface area contributed by atoms with E-state index in [1.54, 1.807) is 41.5 Å². The maximum atomic E-state index is 11.6. The van der Waals surface area contributed by atoms with Crippen LogP contribution in [0.2, 0.25) is 0 Å². The molecule has 0 saturated heterocycles. The fourth-order valence-corrected chi connectivity index (χ4v) is 1.95. The van der Waals surface area contributed by atoms with Crippen molar-refractivity contribution in [2.45, 2.75) is 119 Å². The Kier molecular flexibility index (Phi) is 19.4. The molecular formula is C25H52N2O9. The second kappa shape index (κ2) is 18.2. The van der Waals surface area contributed by atoms with Gasteiger partial charge in [0, 0.05) is 25.2 Å². The van der Waals surface area contributed by atoms with Gasteiger partial charge in [-0.05, 0) is 76.2 Å². The van der Waals surface area contributed by atoms with Gasteiger partial charge in [-0.15, -0.1) is 0 Å². The van der Waals surface area contributed by atoms with E-state index in [2.05, 4.69) is 23.9 Å². The van der Waals surface area contributed by atoms with Crippen molar-refractivity contribution in [2.24, 2.45) is 0 Å². The Labute approximate surface area is 217 Å². The largest absolute Gasteiger partial charge is 0.519 e. The molecule has 0 aliphatic rings. The predicted molar refractivity (Wildman–Crippen MR) is 139 cm³/mol. The van der Waals surface area contributed by atoms with Crippen LogP contribution in [0.25, 0.3) is 0 Å². The third-order valence-electron chi connectivity index (χ3n) is 3.20. The van der Waals surface area contributed by atoms with Crippen molar-refractivity contribution in [1.29, 1.82) is 0 Å². The molecule has 0 spiro atoms. The number of carbonyl (C=O) groups excluding carboxylic acids is 3. The van der Waals surface area contributed by atoms with Crippen molar-refractivity contribution in [2.75, 3.05) is 26.3 Å². The van der Waals surface area contributed by atoms with Crippen molar-refractivity contribution in [3.05, 3.63) is 0 Å². The molecule has 0 aliphatic heterocycles. The molecule has 0 aromatic carbocycles. The molecule has 11 nitrogen and oxygen atoms in total. The number of rotatable bonds is 6. The molecule has 0 aliphatic carbocycles. The minimum Gasteiger partial charge on any atom is -0.444 e. The smallest absolute Gasteiger partial charge is 0.444 e. The van der Waals surface area contributed by atoms with Crippen molar-refractivity contribution >= 4 is 18.4 Å². The molecule has 3 N–H and O–H groups in total. The SMILES string of the molecule is CC(C)(C)OC(=O)OC(=O)OC(C)(C)C.CC(C)N(CCO)C(=O)OC(C)(C)C.CC(C)NCCO. The Balaban J connectivity index is -0.000000483. The lowest BCUT2D eigenvalue weighted by molar-refractivity contribution is -0.0294. The fourth-order valence-electron chi connectivity index (χ4n) is 1.95. The summed E-state index contributed by atoms with van der Waals surface area (Å²) in [7, 11) is 0. The summed E-state index contributed by atoms with van der Waals surface area (Å²) < 4.78 is 19.0. The van der Waals surface area contributed by atoms with Gasteiger partial charge in [-0.25, -0.2) is 14.4 Å². The third-order valence-corrected chi connectivity index (χ3v) is 3.20. The van der Waals surface area contributed by atoms with Crippen molar-refractivity contribution in [1.82, 2.24) is 10.2 Å². The molecular weight excluding hydrogens is 472 g/mol. The minimum atomic E-state index is -1.06. The number of nitrogens with zero attached hydrogens (tertiary/aromatic N) is 1. The van der Waals surface area contributed by atoms with Gasteiger partial charge >= 0.3 is 18.4 Å². The van der Waals surface area contributed by atoms with E-state index in [9.17, 15) is 14.4 Å². The lowest BCUT2D eigenvalue weighted by Gasteiger charge is -2.29. The van der Waals surface area contributed by atoms with E-state index in [4.69, 9.17) is 24.4 Å². The molecule has 0 aromatic heterocycles. The molecule has 216 valence electrons. The average molecular weight is 525 g/mol. The Bertz CT molecular complexity index is 590. The molecule has 1 amide bonds. The molecule has 0 rings (SSSR count). The summed E-state index contributed by atoms with van der Waals surface area (Å²) in [5, 5.41) is 20.1. The Hall–Kier alpha value is -2.11. The first-order valence-electron chi connectivity index (χ1n) is 12.1. The van der Waals surface area contributed by atoms with Crippen molar-refractivity contribution in [3.8, 4) is 0 Å². The second-order valence-corrected chi connectivity index (χ2v) is 11.4. The van der Waals surface area contributed by atoms with Gasteiger partial charge in [-0.3, -0.25) is 0 Å². The topological polar surface area (TPSA) is 144 Å². The molecule has 11 heteroatoms. The van der Waals surface area contributed by atoms with E-state index < -0.39 is 29.1 Å². The van der Waals surface area contributed by atoms with E-state index in [0.717, 1.165) is 0 Å². The number of aliphatic hydroxyl groups is 2. The van der Waals surface area contributed by atoms with Gasteiger partial charge in [0.05, 0.1) is 13.2 Å². The van der Waals surface area contributed by atoms with Gasteiger partial charge in [0.25, 0.3) is 0 Å². The van der Waals surface area contributed by atoms with Crippen LogP contribution in [0.5, 0.6) is 0 Å². The monoisotopic (exact) mass is 524 g/mol. The maximum absolute atomic E-state index is 11.6. The first-order valence-corrected chi connectivity index (χ1v) is 12.1. The molecule has 0 bridgehead atoms. The highest BCUT2D eigenvalue weighted by atomic mass is 16.8. The first kappa shape index (κ1) is 38.4. The summed E-state index contributed by atoms with van der Waals surface area (Å²) in [5.74, 6) is 0. The highest BCUT2D eigenvalue weighted by Crippen LogP contribution is 2.12. The first-order chi connectivity index (χ1) is 16.0. The fraction of sp³-hybridized carbons (Fsp3) is 0.880. The third kappa shape index (κ3) is 29.9. The zero-order valence-corrected chi connectivity index (χ0v) is 24.7. The molecule has 0 saturated carbocycles. The number of carbonyl (C=O) groups is 3. The highest BCUT2D eigenvalue weighted by Gasteiger charge is 2.25. The zero-order chi connectivity index (χ0) is 29.3. The highest BCUT2D eigenvalue weighted by molar-refractivity contribution is 5.77. The van der Waals surface area contributed by atoms with Gasteiger partial charge in [0.15, 0.2) is 0 Å². The van der Waals surface area contributed by atoms with Crippen molar-refractivity contribution in [3.63, 3.8) is 0 Å². The lowest BCUT2D eigenvalue weighted by Crippen LogP contribution is -2.42. The van der Waals surface area contributed by atoms with E-state index in [0.29, 0.717) is 19.1 Å². The van der Waals surface area contributed by atoms with Crippen LogP contribution in [0.1, 0.15) is 90.0 Å². The second-order valence-electron chi connectivity index (χ2n) is 11.4. The van der Waals surface area contributed by atoms with Crippen LogP contribution < -0.4 is 5.32 Å². The summed E-state index contributed by atoms with van der Waals surface area (Å²) in [6.45, 7) is 24.6. The predicted octanol–water partition coefficient (Wildman–Crippen LogP) is 4.47. The van der Waals surface area contributed by atoms with Crippen LogP contribution in [0, 0.1) is 0 Å². The van der Waals surface area contributed by atoms with E-state index in [1.165, 1.54) is 4.90 Å². The van der Waals surface area contributed by atoms with E-state index in [-0.39, 0.29) is 25.3 Å². The summed E-state index contributed by atoms with van der Waals surface area (Å²) in [4.78, 5) is 35.1. The van der Waals surface area contributed by atoms with E-state index >= 15 is 0 Å². The van der Waals surface area contributed by atoms with Crippen LogP contribution in [0.3, 0.4) is 0 Å². The number of nitrogens with one attached hydrogen (secondary N) is 1. The quantitative estimate of drug-likeness (QED) is 0.258. The average Bonchev–Trinajstić information content (AvgIpc) is 2.60. The molecule has 0 atom stereocenters. The van der Waals surface area contributed by atoms with Gasteiger partial charge in [-0.2, -0.15) is 0 Å². The number of hydrogen-bond donors (Lipinski definition) is 3. The summed E-state index contributed by atoms with van der Waals surface area (Å²) in [6, 6.07) is 0.532. The summed E-state index contributed by atoms with van der Waals surface area (Å²) in [5.41, 5.74) is -1.88. The van der Waals surface area contributed by atoms with Crippen LogP contribution in [-0.2, 0) is 18.9 Å². The number of amides is 1. The Morgan fingerprint density at radius 1 is 0.722 bits per heavy atom. The van der Waals surface area contributed by atoms with Crippen LogP contribution in [0.4, 0.5) is 14.4 Å². The van der Waals surface area contributed by atoms with Gasteiger partial charge in [0.1, 0.15) is 16.8 Å².